The molecule has 0 aliphatic carbocycles. The molecule has 2 unspecified atom stereocenters. The van der Waals surface area contributed by atoms with Crippen molar-refractivity contribution in [2.45, 2.75) is 26.0 Å². The van der Waals surface area contributed by atoms with Gasteiger partial charge in [-0.05, 0) is 24.5 Å². The number of hydrogen-bond acceptors (Lipinski definition) is 4. The molecule has 0 amide bonds. The van der Waals surface area contributed by atoms with E-state index in [-0.39, 0.29) is 6.10 Å². The van der Waals surface area contributed by atoms with Crippen LogP contribution >= 0.6 is 0 Å². The molecular formula is C12H19N3O. The Morgan fingerprint density at radius 3 is 3.12 bits per heavy atom. The maximum absolute atomic E-state index is 9.88. The lowest BCUT2D eigenvalue weighted by Crippen LogP contribution is -2.43. The van der Waals surface area contributed by atoms with E-state index in [1.165, 1.54) is 0 Å². The fourth-order valence-corrected chi connectivity index (χ4v) is 2.14. The van der Waals surface area contributed by atoms with Crippen LogP contribution in [0.15, 0.2) is 18.3 Å². The summed E-state index contributed by atoms with van der Waals surface area (Å²) in [5, 5.41) is 9.88. The molecule has 0 radical (unpaired) electrons. The highest BCUT2D eigenvalue weighted by atomic mass is 16.3. The number of aliphatic hydroxyl groups is 1. The molecule has 3 N–H and O–H groups in total. The Bertz CT molecular complexity index is 356. The molecule has 0 saturated carbocycles. The molecule has 16 heavy (non-hydrogen) atoms. The standard InChI is InChI=1S/C12H19N3O/c1-9-4-6-15(8-12(9)16)11-3-2-5-14-10(11)7-13/h2-3,5,9,12,16H,4,6-8,13H2,1H3. The number of aromatic nitrogens is 1. The zero-order valence-corrected chi connectivity index (χ0v) is 9.63. The van der Waals surface area contributed by atoms with Gasteiger partial charge in [-0.25, -0.2) is 0 Å². The maximum atomic E-state index is 9.88. The zero-order chi connectivity index (χ0) is 11.5. The van der Waals surface area contributed by atoms with Crippen LogP contribution in [-0.2, 0) is 6.54 Å². The van der Waals surface area contributed by atoms with Crippen molar-refractivity contribution < 1.29 is 5.11 Å². The molecule has 1 aliphatic rings. The second-order valence-electron chi connectivity index (χ2n) is 4.45. The number of piperidine rings is 1. The predicted octanol–water partition coefficient (Wildman–Crippen LogP) is 0.747. The first-order chi connectivity index (χ1) is 7.72. The van der Waals surface area contributed by atoms with Crippen molar-refractivity contribution in [3.63, 3.8) is 0 Å². The maximum Gasteiger partial charge on any atom is 0.0772 e. The number of hydrogen-bond donors (Lipinski definition) is 2. The fraction of sp³-hybridized carbons (Fsp3) is 0.583. The van der Waals surface area contributed by atoms with Crippen molar-refractivity contribution in [1.82, 2.24) is 4.98 Å². The van der Waals surface area contributed by atoms with Gasteiger partial charge in [0.1, 0.15) is 0 Å². The van der Waals surface area contributed by atoms with E-state index in [2.05, 4.69) is 16.8 Å². The third kappa shape index (κ3) is 2.18. The van der Waals surface area contributed by atoms with E-state index < -0.39 is 0 Å². The highest BCUT2D eigenvalue weighted by Gasteiger charge is 2.25. The Balaban J connectivity index is 2.18. The Hall–Kier alpha value is -1.13. The molecule has 4 heteroatoms. The minimum atomic E-state index is -0.250. The van der Waals surface area contributed by atoms with Crippen molar-refractivity contribution in [1.29, 1.82) is 0 Å². The molecule has 2 rings (SSSR count). The van der Waals surface area contributed by atoms with E-state index >= 15 is 0 Å². The molecule has 88 valence electrons. The Morgan fingerprint density at radius 1 is 1.62 bits per heavy atom. The number of nitrogens with two attached hydrogens (primary N) is 1. The highest BCUT2D eigenvalue weighted by Crippen LogP contribution is 2.24. The smallest absolute Gasteiger partial charge is 0.0772 e. The molecule has 1 saturated heterocycles. The summed E-state index contributed by atoms with van der Waals surface area (Å²) >= 11 is 0. The summed E-state index contributed by atoms with van der Waals surface area (Å²) in [6, 6.07) is 3.94. The summed E-state index contributed by atoms with van der Waals surface area (Å²) < 4.78 is 0. The normalized spacial score (nSPS) is 25.8. The number of aliphatic hydroxyl groups excluding tert-OH is 1. The summed E-state index contributed by atoms with van der Waals surface area (Å²) in [6.45, 7) is 4.18. The van der Waals surface area contributed by atoms with Crippen LogP contribution in [0.25, 0.3) is 0 Å². The van der Waals surface area contributed by atoms with Crippen LogP contribution in [0.5, 0.6) is 0 Å². The first kappa shape index (κ1) is 11.4. The van der Waals surface area contributed by atoms with Gasteiger partial charge in [-0.15, -0.1) is 0 Å². The van der Waals surface area contributed by atoms with Gasteiger partial charge in [0.05, 0.1) is 17.5 Å². The second kappa shape index (κ2) is 4.80. The molecule has 2 heterocycles. The summed E-state index contributed by atoms with van der Waals surface area (Å²) in [6.07, 6.45) is 2.52. The van der Waals surface area contributed by atoms with Crippen molar-refractivity contribution in [3.8, 4) is 0 Å². The summed E-state index contributed by atoms with van der Waals surface area (Å²) in [5.41, 5.74) is 7.64. The van der Waals surface area contributed by atoms with Crippen LogP contribution < -0.4 is 10.6 Å². The zero-order valence-electron chi connectivity index (χ0n) is 9.63. The predicted molar refractivity (Wildman–Crippen MR) is 64.1 cm³/mol. The van der Waals surface area contributed by atoms with Crippen molar-refractivity contribution >= 4 is 5.69 Å². The molecule has 1 aromatic rings. The van der Waals surface area contributed by atoms with Crippen LogP contribution in [0.2, 0.25) is 0 Å². The first-order valence-electron chi connectivity index (χ1n) is 5.79. The SMILES string of the molecule is CC1CCN(c2cccnc2CN)CC1O. The summed E-state index contributed by atoms with van der Waals surface area (Å²) in [7, 11) is 0. The minimum Gasteiger partial charge on any atom is -0.391 e. The van der Waals surface area contributed by atoms with E-state index in [0.717, 1.165) is 24.3 Å². The van der Waals surface area contributed by atoms with E-state index in [1.807, 2.05) is 12.1 Å². The average molecular weight is 221 g/mol. The van der Waals surface area contributed by atoms with Gasteiger partial charge in [-0.1, -0.05) is 6.92 Å². The molecule has 0 aromatic carbocycles. The molecule has 0 bridgehead atoms. The lowest BCUT2D eigenvalue weighted by Gasteiger charge is -2.36. The summed E-state index contributed by atoms with van der Waals surface area (Å²) in [4.78, 5) is 6.45. The van der Waals surface area contributed by atoms with Crippen molar-refractivity contribution in [2.75, 3.05) is 18.0 Å². The van der Waals surface area contributed by atoms with E-state index in [9.17, 15) is 5.11 Å². The number of rotatable bonds is 2. The molecule has 0 spiro atoms. The molecule has 4 nitrogen and oxygen atoms in total. The van der Waals surface area contributed by atoms with Crippen LogP contribution in [-0.4, -0.2) is 29.3 Å². The Morgan fingerprint density at radius 2 is 2.44 bits per heavy atom. The number of β-amino-alcohol motifs (C(OH)–C–C–N with tert-alkyl or cyclic N) is 1. The van der Waals surface area contributed by atoms with E-state index in [4.69, 9.17) is 5.73 Å². The summed E-state index contributed by atoms with van der Waals surface area (Å²) in [5.74, 6) is 0.384. The molecular weight excluding hydrogens is 202 g/mol. The molecule has 2 atom stereocenters. The lowest BCUT2D eigenvalue weighted by atomic mass is 9.95. The monoisotopic (exact) mass is 221 g/mol. The number of pyridine rings is 1. The van der Waals surface area contributed by atoms with Gasteiger partial charge in [-0.3, -0.25) is 4.98 Å². The number of nitrogens with zero attached hydrogens (tertiary/aromatic N) is 2. The van der Waals surface area contributed by atoms with Crippen molar-refractivity contribution in [2.24, 2.45) is 11.7 Å². The molecule has 1 fully saturated rings. The van der Waals surface area contributed by atoms with E-state index in [1.54, 1.807) is 6.20 Å². The van der Waals surface area contributed by atoms with Crippen LogP contribution in [0, 0.1) is 5.92 Å². The van der Waals surface area contributed by atoms with Gasteiger partial charge in [0, 0.05) is 25.8 Å². The van der Waals surface area contributed by atoms with Crippen LogP contribution in [0.4, 0.5) is 5.69 Å². The molecule has 1 aliphatic heterocycles. The van der Waals surface area contributed by atoms with Gasteiger partial charge >= 0.3 is 0 Å². The van der Waals surface area contributed by atoms with Gasteiger partial charge in [0.15, 0.2) is 0 Å². The largest absolute Gasteiger partial charge is 0.391 e. The Kier molecular flexibility index (Phi) is 3.41. The lowest BCUT2D eigenvalue weighted by molar-refractivity contribution is 0.103. The highest BCUT2D eigenvalue weighted by molar-refractivity contribution is 5.50. The van der Waals surface area contributed by atoms with Crippen molar-refractivity contribution in [3.05, 3.63) is 24.0 Å². The Labute approximate surface area is 96.1 Å². The third-order valence-corrected chi connectivity index (χ3v) is 3.32. The fourth-order valence-electron chi connectivity index (χ4n) is 2.14. The quantitative estimate of drug-likeness (QED) is 0.773. The van der Waals surface area contributed by atoms with E-state index in [0.29, 0.717) is 19.0 Å². The van der Waals surface area contributed by atoms with Gasteiger partial charge in [-0.2, -0.15) is 0 Å². The van der Waals surface area contributed by atoms with Crippen LogP contribution in [0.1, 0.15) is 19.0 Å². The van der Waals surface area contributed by atoms with Gasteiger partial charge in [0.2, 0.25) is 0 Å². The first-order valence-corrected chi connectivity index (χ1v) is 5.79. The topological polar surface area (TPSA) is 62.4 Å². The average Bonchev–Trinajstić information content (AvgIpc) is 2.32. The minimum absolute atomic E-state index is 0.250. The third-order valence-electron chi connectivity index (χ3n) is 3.32. The van der Waals surface area contributed by atoms with Crippen LogP contribution in [0.3, 0.4) is 0 Å². The number of anilines is 1. The second-order valence-corrected chi connectivity index (χ2v) is 4.45. The molecule has 1 aromatic heterocycles. The van der Waals surface area contributed by atoms with Gasteiger partial charge in [0.25, 0.3) is 0 Å². The van der Waals surface area contributed by atoms with Gasteiger partial charge < -0.3 is 15.7 Å².